The molecule has 0 bridgehead atoms. The van der Waals surface area contributed by atoms with Crippen molar-refractivity contribution in [3.63, 3.8) is 0 Å². The summed E-state index contributed by atoms with van der Waals surface area (Å²) in [5, 5.41) is 43.7. The van der Waals surface area contributed by atoms with Crippen molar-refractivity contribution in [2.45, 2.75) is 31.1 Å². The Labute approximate surface area is 186 Å². The molecule has 2 aromatic heterocycles. The van der Waals surface area contributed by atoms with Crippen molar-refractivity contribution in [1.82, 2.24) is 19.5 Å². The fraction of sp³-hybridized carbons (Fsp3) is 0.421. The van der Waals surface area contributed by atoms with Gasteiger partial charge in [0.05, 0.1) is 24.0 Å². The lowest BCUT2D eigenvalue weighted by atomic mass is 10.1. The highest BCUT2D eigenvalue weighted by Crippen LogP contribution is 2.33. The second-order valence-electron chi connectivity index (χ2n) is 7.17. The number of thioether (sulfide) groups is 1. The smallest absolute Gasteiger partial charge is 0.269 e. The number of aromatic nitrogens is 4. The van der Waals surface area contributed by atoms with Gasteiger partial charge in [-0.2, -0.15) is 11.8 Å². The van der Waals surface area contributed by atoms with E-state index in [4.69, 9.17) is 9.84 Å². The molecule has 1 aliphatic heterocycles. The summed E-state index contributed by atoms with van der Waals surface area (Å²) in [5.41, 5.74) is 1.72. The molecule has 12 nitrogen and oxygen atoms in total. The Hall–Kier alpha value is -2.84. The van der Waals surface area contributed by atoms with E-state index in [2.05, 4.69) is 20.3 Å². The maximum atomic E-state index is 10.8. The number of ether oxygens (including phenoxy) is 1. The predicted molar refractivity (Wildman–Crippen MR) is 116 cm³/mol. The minimum absolute atomic E-state index is 0.0160. The molecule has 0 amide bonds. The third kappa shape index (κ3) is 4.52. The lowest BCUT2D eigenvalue weighted by Crippen LogP contribution is -2.32. The number of aliphatic hydroxyl groups excluding tert-OH is 3. The van der Waals surface area contributed by atoms with Crippen LogP contribution in [0.3, 0.4) is 0 Å². The SMILES string of the molecule is O=[N+]([O-])c1ccc(CNc2ncnc3c2ncn3[C@@H]2O[C@H](CSCCO)C(O)C2O)cc1. The van der Waals surface area contributed by atoms with Crippen LogP contribution >= 0.6 is 11.8 Å². The zero-order chi connectivity index (χ0) is 22.7. The van der Waals surface area contributed by atoms with Crippen molar-refractivity contribution in [2.75, 3.05) is 23.4 Å². The van der Waals surface area contributed by atoms with Crippen LogP contribution in [0, 0.1) is 10.1 Å². The molecule has 2 unspecified atom stereocenters. The minimum Gasteiger partial charge on any atom is -0.396 e. The first-order valence-electron chi connectivity index (χ1n) is 9.84. The molecule has 4 atom stereocenters. The topological polar surface area (TPSA) is 169 Å². The van der Waals surface area contributed by atoms with Crippen LogP contribution in [0.5, 0.6) is 0 Å². The van der Waals surface area contributed by atoms with Gasteiger partial charge in [-0.3, -0.25) is 14.7 Å². The van der Waals surface area contributed by atoms with Crippen LogP contribution in [0.1, 0.15) is 11.8 Å². The van der Waals surface area contributed by atoms with E-state index in [1.165, 1.54) is 36.5 Å². The summed E-state index contributed by atoms with van der Waals surface area (Å²) in [7, 11) is 0. The molecular weight excluding hydrogens is 440 g/mol. The summed E-state index contributed by atoms with van der Waals surface area (Å²) in [6.07, 6.45) is -0.882. The number of aliphatic hydroxyl groups is 3. The number of fused-ring (bicyclic) bond motifs is 1. The van der Waals surface area contributed by atoms with E-state index in [-0.39, 0.29) is 12.3 Å². The van der Waals surface area contributed by atoms with E-state index < -0.39 is 29.5 Å². The molecule has 4 rings (SSSR count). The molecule has 0 radical (unpaired) electrons. The van der Waals surface area contributed by atoms with Crippen LogP contribution in [0.15, 0.2) is 36.9 Å². The van der Waals surface area contributed by atoms with Crippen LogP contribution < -0.4 is 5.32 Å². The molecule has 13 heteroatoms. The van der Waals surface area contributed by atoms with Crippen molar-refractivity contribution in [2.24, 2.45) is 0 Å². The molecule has 3 heterocycles. The fourth-order valence-electron chi connectivity index (χ4n) is 3.45. The normalized spacial score (nSPS) is 23.0. The molecule has 32 heavy (non-hydrogen) atoms. The number of hydrogen-bond acceptors (Lipinski definition) is 11. The van der Waals surface area contributed by atoms with Gasteiger partial charge in [0.15, 0.2) is 23.2 Å². The van der Waals surface area contributed by atoms with Gasteiger partial charge >= 0.3 is 0 Å². The van der Waals surface area contributed by atoms with Crippen LogP contribution in [-0.4, -0.2) is 76.2 Å². The highest BCUT2D eigenvalue weighted by Gasteiger charge is 2.44. The summed E-state index contributed by atoms with van der Waals surface area (Å²) in [4.78, 5) is 23.2. The number of imidazole rings is 1. The third-order valence-corrected chi connectivity index (χ3v) is 6.13. The quantitative estimate of drug-likeness (QED) is 0.200. The van der Waals surface area contributed by atoms with Gasteiger partial charge in [-0.05, 0) is 5.56 Å². The second-order valence-corrected chi connectivity index (χ2v) is 8.32. The van der Waals surface area contributed by atoms with E-state index in [1.54, 1.807) is 16.7 Å². The zero-order valence-electron chi connectivity index (χ0n) is 16.8. The Balaban J connectivity index is 1.50. The third-order valence-electron chi connectivity index (χ3n) is 5.09. The number of nitrogens with zero attached hydrogens (tertiary/aromatic N) is 5. The Morgan fingerprint density at radius 2 is 1.97 bits per heavy atom. The van der Waals surface area contributed by atoms with Gasteiger partial charge in [0.1, 0.15) is 18.5 Å². The Kier molecular flexibility index (Phi) is 6.81. The summed E-state index contributed by atoms with van der Waals surface area (Å²) < 4.78 is 7.42. The Morgan fingerprint density at radius 1 is 1.19 bits per heavy atom. The average Bonchev–Trinajstić information content (AvgIpc) is 3.35. The van der Waals surface area contributed by atoms with Crippen LogP contribution in [0.4, 0.5) is 11.5 Å². The number of rotatable bonds is 9. The molecule has 1 saturated heterocycles. The maximum Gasteiger partial charge on any atom is 0.269 e. The molecule has 3 aromatic rings. The molecule has 0 aliphatic carbocycles. The van der Waals surface area contributed by atoms with E-state index in [0.29, 0.717) is 35.0 Å². The van der Waals surface area contributed by atoms with Gasteiger partial charge in [-0.25, -0.2) is 15.0 Å². The summed E-state index contributed by atoms with van der Waals surface area (Å²) in [5.74, 6) is 1.40. The molecular formula is C19H22N6O6S. The highest BCUT2D eigenvalue weighted by molar-refractivity contribution is 7.99. The maximum absolute atomic E-state index is 10.8. The second kappa shape index (κ2) is 9.75. The van der Waals surface area contributed by atoms with E-state index in [9.17, 15) is 20.3 Å². The van der Waals surface area contributed by atoms with Gasteiger partial charge in [0, 0.05) is 30.2 Å². The number of nitrogens with one attached hydrogen (secondary N) is 1. The van der Waals surface area contributed by atoms with Gasteiger partial charge in [0.2, 0.25) is 0 Å². The Bertz CT molecular complexity index is 1080. The summed E-state index contributed by atoms with van der Waals surface area (Å²) in [6, 6.07) is 6.17. The number of benzene rings is 1. The molecule has 170 valence electrons. The van der Waals surface area contributed by atoms with Gasteiger partial charge in [0.25, 0.3) is 5.69 Å². The van der Waals surface area contributed by atoms with Gasteiger partial charge in [-0.1, -0.05) is 12.1 Å². The lowest BCUT2D eigenvalue weighted by Gasteiger charge is -2.16. The van der Waals surface area contributed by atoms with Crippen molar-refractivity contribution in [3.8, 4) is 0 Å². The van der Waals surface area contributed by atoms with Crippen LogP contribution in [-0.2, 0) is 11.3 Å². The van der Waals surface area contributed by atoms with Gasteiger partial charge in [-0.15, -0.1) is 0 Å². The predicted octanol–water partition coefficient (Wildman–Crippen LogP) is 0.691. The average molecular weight is 462 g/mol. The fourth-order valence-corrected chi connectivity index (χ4v) is 4.25. The van der Waals surface area contributed by atoms with E-state index in [0.717, 1.165) is 5.56 Å². The minimum atomic E-state index is -1.17. The zero-order valence-corrected chi connectivity index (χ0v) is 17.6. The molecule has 4 N–H and O–H groups in total. The summed E-state index contributed by atoms with van der Waals surface area (Å²) >= 11 is 1.42. The van der Waals surface area contributed by atoms with Crippen molar-refractivity contribution < 1.29 is 25.0 Å². The molecule has 1 aromatic carbocycles. The first kappa shape index (κ1) is 22.4. The Morgan fingerprint density at radius 3 is 2.69 bits per heavy atom. The monoisotopic (exact) mass is 462 g/mol. The van der Waals surface area contributed by atoms with Crippen molar-refractivity contribution in [1.29, 1.82) is 0 Å². The lowest BCUT2D eigenvalue weighted by molar-refractivity contribution is -0.384. The van der Waals surface area contributed by atoms with Crippen LogP contribution in [0.2, 0.25) is 0 Å². The number of non-ortho nitro benzene ring substituents is 1. The molecule has 1 aliphatic rings. The summed E-state index contributed by atoms with van der Waals surface area (Å²) in [6.45, 7) is 0.389. The van der Waals surface area contributed by atoms with E-state index in [1.807, 2.05) is 0 Å². The van der Waals surface area contributed by atoms with Crippen molar-refractivity contribution >= 4 is 34.4 Å². The number of hydrogen-bond donors (Lipinski definition) is 4. The number of anilines is 1. The van der Waals surface area contributed by atoms with E-state index >= 15 is 0 Å². The van der Waals surface area contributed by atoms with Crippen LogP contribution in [0.25, 0.3) is 11.2 Å². The molecule has 1 fully saturated rings. The molecule has 0 saturated carbocycles. The van der Waals surface area contributed by atoms with Gasteiger partial charge < -0.3 is 25.4 Å². The standard InChI is InChI=1S/C19H22N6O6S/c26-5-6-32-8-13-15(27)16(28)19(31-13)24-10-23-14-17(21-9-22-18(14)24)20-7-11-1-3-12(4-2-11)25(29)30/h1-4,9-10,13,15-16,19,26-28H,5-8H2,(H,20,21,22)/t13-,15?,16?,19-/m1/s1. The number of nitro groups is 1. The first-order chi connectivity index (χ1) is 15.5. The largest absolute Gasteiger partial charge is 0.396 e. The number of nitro benzene ring substituents is 1. The first-order valence-corrected chi connectivity index (χ1v) is 11.0. The molecule has 0 spiro atoms. The van der Waals surface area contributed by atoms with Crippen molar-refractivity contribution in [3.05, 3.63) is 52.6 Å². The highest BCUT2D eigenvalue weighted by atomic mass is 32.2.